The molecule has 2 N–H and O–H groups in total. The molecule has 0 bridgehead atoms. The van der Waals surface area contributed by atoms with Crippen LogP contribution in [0.1, 0.15) is 109 Å². The van der Waals surface area contributed by atoms with Gasteiger partial charge in [-0.3, -0.25) is 9.59 Å². The SMILES string of the molecule is CCC(C)(CC(C)(C)NC(=O)C(C)(C)CC(C)C)NC(=O)C(C)(C)CC(C)(C)C=O. The van der Waals surface area contributed by atoms with Gasteiger partial charge in [0.2, 0.25) is 11.8 Å². The van der Waals surface area contributed by atoms with Crippen LogP contribution in [0, 0.1) is 22.2 Å². The van der Waals surface area contributed by atoms with Crippen molar-refractivity contribution in [2.75, 3.05) is 0 Å². The summed E-state index contributed by atoms with van der Waals surface area (Å²) in [7, 11) is 0. The van der Waals surface area contributed by atoms with E-state index in [0.717, 1.165) is 19.1 Å². The average Bonchev–Trinajstić information content (AvgIpc) is 2.51. The molecule has 30 heavy (non-hydrogen) atoms. The van der Waals surface area contributed by atoms with E-state index in [-0.39, 0.29) is 11.8 Å². The number of hydrogen-bond donors (Lipinski definition) is 2. The Hall–Kier alpha value is -1.39. The number of carbonyl (C=O) groups is 3. The molecule has 0 fully saturated rings. The Kier molecular flexibility index (Phi) is 9.37. The molecule has 0 aliphatic rings. The van der Waals surface area contributed by atoms with Gasteiger partial charge in [-0.15, -0.1) is 0 Å². The Bertz CT molecular complexity index is 618. The highest BCUT2D eigenvalue weighted by molar-refractivity contribution is 5.83. The van der Waals surface area contributed by atoms with Gasteiger partial charge in [-0.25, -0.2) is 0 Å². The highest BCUT2D eigenvalue weighted by Crippen LogP contribution is 2.34. The Morgan fingerprint density at radius 2 is 1.27 bits per heavy atom. The van der Waals surface area contributed by atoms with E-state index in [9.17, 15) is 14.4 Å². The Morgan fingerprint density at radius 1 is 0.800 bits per heavy atom. The van der Waals surface area contributed by atoms with Crippen molar-refractivity contribution in [3.05, 3.63) is 0 Å². The zero-order valence-corrected chi connectivity index (χ0v) is 21.7. The lowest BCUT2D eigenvalue weighted by molar-refractivity contribution is -0.134. The second kappa shape index (κ2) is 9.82. The molecule has 0 aromatic heterocycles. The van der Waals surface area contributed by atoms with Crippen LogP contribution in [0.5, 0.6) is 0 Å². The third-order valence-corrected chi connectivity index (χ3v) is 5.84. The van der Waals surface area contributed by atoms with E-state index in [2.05, 4.69) is 24.5 Å². The molecule has 0 spiro atoms. The number of amides is 2. The predicted octanol–water partition coefficient (Wildman–Crippen LogP) is 5.27. The van der Waals surface area contributed by atoms with Crippen LogP contribution in [-0.2, 0) is 14.4 Å². The van der Waals surface area contributed by atoms with E-state index in [1.54, 1.807) is 0 Å². The van der Waals surface area contributed by atoms with Gasteiger partial charge in [-0.1, -0.05) is 62.3 Å². The smallest absolute Gasteiger partial charge is 0.226 e. The lowest BCUT2D eigenvalue weighted by Gasteiger charge is -2.42. The standard InChI is InChI=1S/C25H48N2O3/c1-13-25(12,27-20(30)23(8,9)15-21(4,5)17-28)16-24(10,11)26-19(29)22(6,7)14-18(2)3/h17-18H,13-16H2,1-12H3,(H,26,29)(H,27,30). The fourth-order valence-electron chi connectivity index (χ4n) is 4.57. The summed E-state index contributed by atoms with van der Waals surface area (Å²) in [5.41, 5.74) is -2.62. The molecule has 2 amide bonds. The van der Waals surface area contributed by atoms with Crippen molar-refractivity contribution in [3.8, 4) is 0 Å². The van der Waals surface area contributed by atoms with Crippen molar-refractivity contribution in [1.82, 2.24) is 10.6 Å². The zero-order valence-electron chi connectivity index (χ0n) is 21.7. The van der Waals surface area contributed by atoms with Gasteiger partial charge in [0, 0.05) is 27.3 Å². The predicted molar refractivity (Wildman–Crippen MR) is 125 cm³/mol. The molecule has 0 saturated carbocycles. The summed E-state index contributed by atoms with van der Waals surface area (Å²) in [6, 6.07) is 0. The largest absolute Gasteiger partial charge is 0.351 e. The first-order chi connectivity index (χ1) is 13.2. The van der Waals surface area contributed by atoms with Gasteiger partial charge in [0.1, 0.15) is 6.29 Å². The summed E-state index contributed by atoms with van der Waals surface area (Å²) < 4.78 is 0. The maximum Gasteiger partial charge on any atom is 0.226 e. The van der Waals surface area contributed by atoms with Gasteiger partial charge in [0.25, 0.3) is 0 Å². The Morgan fingerprint density at radius 3 is 1.67 bits per heavy atom. The van der Waals surface area contributed by atoms with Gasteiger partial charge >= 0.3 is 0 Å². The van der Waals surface area contributed by atoms with Crippen molar-refractivity contribution >= 4 is 18.1 Å². The topological polar surface area (TPSA) is 75.3 Å². The van der Waals surface area contributed by atoms with Crippen LogP contribution in [0.25, 0.3) is 0 Å². The van der Waals surface area contributed by atoms with Gasteiger partial charge in [-0.05, 0) is 52.4 Å². The van der Waals surface area contributed by atoms with Gasteiger partial charge in [0.05, 0.1) is 0 Å². The minimum atomic E-state index is -0.673. The average molecular weight is 425 g/mol. The molecule has 0 saturated heterocycles. The molecule has 1 atom stereocenters. The van der Waals surface area contributed by atoms with Gasteiger partial charge in [-0.2, -0.15) is 0 Å². The normalized spacial score (nSPS) is 15.5. The first-order valence-electron chi connectivity index (χ1n) is 11.3. The molecule has 0 radical (unpaired) electrons. The molecule has 1 unspecified atom stereocenters. The number of carbonyl (C=O) groups excluding carboxylic acids is 3. The molecule has 0 aromatic carbocycles. The van der Waals surface area contributed by atoms with Crippen molar-refractivity contribution in [1.29, 1.82) is 0 Å². The summed E-state index contributed by atoms with van der Waals surface area (Å²) in [5, 5.41) is 6.44. The maximum absolute atomic E-state index is 13.1. The maximum atomic E-state index is 13.1. The monoisotopic (exact) mass is 424 g/mol. The number of hydrogen-bond acceptors (Lipinski definition) is 3. The quantitative estimate of drug-likeness (QED) is 0.419. The molecular weight excluding hydrogens is 376 g/mol. The minimum absolute atomic E-state index is 0.0408. The van der Waals surface area contributed by atoms with E-state index in [4.69, 9.17) is 0 Å². The summed E-state index contributed by atoms with van der Waals surface area (Å²) in [6.07, 6.45) is 3.55. The first-order valence-corrected chi connectivity index (χ1v) is 11.3. The summed E-state index contributed by atoms with van der Waals surface area (Å²) in [4.78, 5) is 37.4. The van der Waals surface area contributed by atoms with Crippen LogP contribution < -0.4 is 10.6 Å². The number of nitrogens with one attached hydrogen (secondary N) is 2. The second-order valence-electron chi connectivity index (χ2n) is 12.5. The summed E-state index contributed by atoms with van der Waals surface area (Å²) in [6.45, 7) is 23.8. The van der Waals surface area contributed by atoms with Crippen molar-refractivity contribution < 1.29 is 14.4 Å². The summed E-state index contributed by atoms with van der Waals surface area (Å²) >= 11 is 0. The molecule has 0 aliphatic carbocycles. The van der Waals surface area contributed by atoms with Crippen LogP contribution >= 0.6 is 0 Å². The van der Waals surface area contributed by atoms with Crippen molar-refractivity contribution in [2.24, 2.45) is 22.2 Å². The van der Waals surface area contributed by atoms with E-state index in [1.807, 2.05) is 69.2 Å². The van der Waals surface area contributed by atoms with Crippen LogP contribution in [-0.4, -0.2) is 29.2 Å². The van der Waals surface area contributed by atoms with Crippen LogP contribution in [0.15, 0.2) is 0 Å². The van der Waals surface area contributed by atoms with Gasteiger partial charge in [0.15, 0.2) is 0 Å². The van der Waals surface area contributed by atoms with Crippen molar-refractivity contribution in [3.63, 3.8) is 0 Å². The highest BCUT2D eigenvalue weighted by Gasteiger charge is 2.41. The molecule has 0 rings (SSSR count). The van der Waals surface area contributed by atoms with E-state index in [0.29, 0.717) is 18.8 Å². The Labute approximate surface area is 185 Å². The summed E-state index contributed by atoms with van der Waals surface area (Å²) in [5.74, 6) is 0.412. The Balaban J connectivity index is 5.35. The van der Waals surface area contributed by atoms with Crippen molar-refractivity contribution in [2.45, 2.75) is 120 Å². The number of rotatable bonds is 12. The lowest BCUT2D eigenvalue weighted by Crippen LogP contribution is -2.58. The fraction of sp³-hybridized carbons (Fsp3) is 0.880. The van der Waals surface area contributed by atoms with Gasteiger partial charge < -0.3 is 15.4 Å². The fourth-order valence-corrected chi connectivity index (χ4v) is 4.57. The molecule has 5 heteroatoms. The molecule has 0 aromatic rings. The van der Waals surface area contributed by atoms with Crippen LogP contribution in [0.3, 0.4) is 0 Å². The molecule has 5 nitrogen and oxygen atoms in total. The van der Waals surface area contributed by atoms with E-state index < -0.39 is 27.3 Å². The molecule has 0 heterocycles. The van der Waals surface area contributed by atoms with E-state index in [1.165, 1.54) is 0 Å². The highest BCUT2D eigenvalue weighted by atomic mass is 16.2. The lowest BCUT2D eigenvalue weighted by atomic mass is 9.74. The van der Waals surface area contributed by atoms with Crippen LogP contribution in [0.4, 0.5) is 0 Å². The third-order valence-electron chi connectivity index (χ3n) is 5.84. The molecule has 0 aliphatic heterocycles. The molecule has 176 valence electrons. The minimum Gasteiger partial charge on any atom is -0.351 e. The van der Waals surface area contributed by atoms with Crippen LogP contribution in [0.2, 0.25) is 0 Å². The third kappa shape index (κ3) is 9.18. The molecular formula is C25H48N2O3. The number of aldehydes is 1. The van der Waals surface area contributed by atoms with E-state index >= 15 is 0 Å². The second-order valence-corrected chi connectivity index (χ2v) is 12.5. The first kappa shape index (κ1) is 28.6. The zero-order chi connectivity index (χ0) is 24.2.